The number of carbonyl (C=O) groups is 1. The number of amides is 1. The van der Waals surface area contributed by atoms with E-state index >= 15 is 0 Å². The number of aromatic nitrogens is 4. The van der Waals surface area contributed by atoms with E-state index in [2.05, 4.69) is 20.6 Å². The standard InChI is InChI=1S/C16H16ClN5OS/c1-10(2)16-20-19-13-7-8-15(21-22(13)16)24-9-14(23)18-12-6-4-3-5-11(12)17/h3-8,10H,9H2,1-2H3,(H,18,23). The molecular weight excluding hydrogens is 346 g/mol. The molecule has 0 unspecified atom stereocenters. The van der Waals surface area contributed by atoms with Crippen LogP contribution in [0.25, 0.3) is 5.65 Å². The van der Waals surface area contributed by atoms with Crippen LogP contribution in [0.4, 0.5) is 5.69 Å². The SMILES string of the molecule is CC(C)c1nnc2ccc(SCC(=O)Nc3ccccc3Cl)nn12. The van der Waals surface area contributed by atoms with Gasteiger partial charge in [-0.3, -0.25) is 4.79 Å². The molecule has 0 saturated carbocycles. The number of fused-ring (bicyclic) bond motifs is 1. The average molecular weight is 362 g/mol. The first-order chi connectivity index (χ1) is 11.5. The van der Waals surface area contributed by atoms with Crippen LogP contribution in [0, 0.1) is 0 Å². The normalized spacial score (nSPS) is 11.2. The summed E-state index contributed by atoms with van der Waals surface area (Å²) in [7, 11) is 0. The van der Waals surface area contributed by atoms with Gasteiger partial charge in [-0.2, -0.15) is 9.61 Å². The quantitative estimate of drug-likeness (QED) is 0.702. The first-order valence-corrected chi connectivity index (χ1v) is 8.80. The highest BCUT2D eigenvalue weighted by Crippen LogP contribution is 2.22. The Labute approximate surface area is 148 Å². The van der Waals surface area contributed by atoms with Gasteiger partial charge in [-0.15, -0.1) is 10.2 Å². The molecule has 0 fully saturated rings. The molecular formula is C16H16ClN5OS. The summed E-state index contributed by atoms with van der Waals surface area (Å²) in [5.41, 5.74) is 1.30. The molecule has 0 atom stereocenters. The zero-order chi connectivity index (χ0) is 17.1. The Morgan fingerprint density at radius 3 is 2.79 bits per heavy atom. The third kappa shape index (κ3) is 3.68. The molecule has 0 aliphatic heterocycles. The van der Waals surface area contributed by atoms with Gasteiger partial charge in [0.2, 0.25) is 5.91 Å². The summed E-state index contributed by atoms with van der Waals surface area (Å²) < 4.78 is 1.72. The van der Waals surface area contributed by atoms with Gasteiger partial charge in [0.05, 0.1) is 16.5 Å². The summed E-state index contributed by atoms with van der Waals surface area (Å²) in [5, 5.41) is 16.8. The minimum atomic E-state index is -0.136. The van der Waals surface area contributed by atoms with Crippen LogP contribution in [0.1, 0.15) is 25.6 Å². The molecule has 0 aliphatic carbocycles. The van der Waals surface area contributed by atoms with Crippen LogP contribution in [0.2, 0.25) is 5.02 Å². The first-order valence-electron chi connectivity index (χ1n) is 7.44. The summed E-state index contributed by atoms with van der Waals surface area (Å²) >= 11 is 7.38. The molecule has 1 aromatic carbocycles. The lowest BCUT2D eigenvalue weighted by molar-refractivity contribution is -0.113. The summed E-state index contributed by atoms with van der Waals surface area (Å²) in [4.78, 5) is 12.1. The third-order valence-corrected chi connectivity index (χ3v) is 4.53. The Hall–Kier alpha value is -2.12. The zero-order valence-electron chi connectivity index (χ0n) is 13.2. The molecule has 6 nitrogen and oxygen atoms in total. The van der Waals surface area contributed by atoms with Gasteiger partial charge >= 0.3 is 0 Å². The highest BCUT2D eigenvalue weighted by molar-refractivity contribution is 7.99. The van der Waals surface area contributed by atoms with E-state index in [1.54, 1.807) is 16.6 Å². The van der Waals surface area contributed by atoms with Crippen LogP contribution in [0.3, 0.4) is 0 Å². The lowest BCUT2D eigenvalue weighted by Crippen LogP contribution is -2.14. The van der Waals surface area contributed by atoms with Crippen LogP contribution < -0.4 is 5.32 Å². The molecule has 0 spiro atoms. The third-order valence-electron chi connectivity index (χ3n) is 3.28. The van der Waals surface area contributed by atoms with Gasteiger partial charge in [-0.1, -0.05) is 49.3 Å². The van der Waals surface area contributed by atoms with E-state index < -0.39 is 0 Å². The fourth-order valence-electron chi connectivity index (χ4n) is 2.11. The van der Waals surface area contributed by atoms with E-state index in [-0.39, 0.29) is 17.6 Å². The zero-order valence-corrected chi connectivity index (χ0v) is 14.8. The molecule has 0 radical (unpaired) electrons. The largest absolute Gasteiger partial charge is 0.324 e. The Kier molecular flexibility index (Phi) is 5.01. The van der Waals surface area contributed by atoms with Gasteiger partial charge in [0, 0.05) is 5.92 Å². The Balaban J connectivity index is 1.68. The molecule has 0 bridgehead atoms. The number of hydrogen-bond donors (Lipinski definition) is 1. The highest BCUT2D eigenvalue weighted by Gasteiger charge is 2.12. The Morgan fingerprint density at radius 2 is 2.04 bits per heavy atom. The van der Waals surface area contributed by atoms with Crippen molar-refractivity contribution in [1.82, 2.24) is 19.8 Å². The summed E-state index contributed by atoms with van der Waals surface area (Å²) in [6, 6.07) is 10.8. The number of halogens is 1. The number of carbonyl (C=O) groups excluding carboxylic acids is 1. The molecule has 1 N–H and O–H groups in total. The molecule has 124 valence electrons. The molecule has 1 amide bonds. The van der Waals surface area contributed by atoms with E-state index in [1.807, 2.05) is 38.1 Å². The first kappa shape index (κ1) is 16.7. The Morgan fingerprint density at radius 1 is 1.25 bits per heavy atom. The fourth-order valence-corrected chi connectivity index (χ4v) is 2.95. The van der Waals surface area contributed by atoms with Crippen LogP contribution in [0.5, 0.6) is 0 Å². The number of anilines is 1. The van der Waals surface area contributed by atoms with Crippen LogP contribution in [-0.2, 0) is 4.79 Å². The number of thioether (sulfide) groups is 1. The van der Waals surface area contributed by atoms with Crippen molar-refractivity contribution in [2.24, 2.45) is 0 Å². The van der Waals surface area contributed by atoms with Gasteiger partial charge < -0.3 is 5.32 Å². The number of nitrogens with zero attached hydrogens (tertiary/aromatic N) is 4. The van der Waals surface area contributed by atoms with Gasteiger partial charge in [0.15, 0.2) is 11.5 Å². The smallest absolute Gasteiger partial charge is 0.234 e. The second-order valence-corrected chi connectivity index (χ2v) is 6.87. The van der Waals surface area contributed by atoms with Gasteiger partial charge in [-0.05, 0) is 24.3 Å². The molecule has 24 heavy (non-hydrogen) atoms. The van der Waals surface area contributed by atoms with Gasteiger partial charge in [0.25, 0.3) is 0 Å². The molecule has 2 aromatic heterocycles. The minimum Gasteiger partial charge on any atom is -0.324 e. The summed E-state index contributed by atoms with van der Waals surface area (Å²) in [6.07, 6.45) is 0. The number of benzene rings is 1. The number of rotatable bonds is 5. The van der Waals surface area contributed by atoms with Crippen molar-refractivity contribution in [3.63, 3.8) is 0 Å². The molecule has 3 rings (SSSR count). The van der Waals surface area contributed by atoms with Crippen LogP contribution >= 0.6 is 23.4 Å². The monoisotopic (exact) mass is 361 g/mol. The predicted molar refractivity (Wildman–Crippen MR) is 95.7 cm³/mol. The maximum atomic E-state index is 12.1. The minimum absolute atomic E-state index is 0.136. The van der Waals surface area contributed by atoms with Gasteiger partial charge in [0.1, 0.15) is 5.03 Å². The van der Waals surface area contributed by atoms with Crippen molar-refractivity contribution in [3.05, 3.63) is 47.2 Å². The maximum absolute atomic E-state index is 12.1. The van der Waals surface area contributed by atoms with Crippen molar-refractivity contribution >= 4 is 40.6 Å². The number of nitrogens with one attached hydrogen (secondary N) is 1. The van der Waals surface area contributed by atoms with Crippen molar-refractivity contribution < 1.29 is 4.79 Å². The fraction of sp³-hybridized carbons (Fsp3) is 0.250. The second kappa shape index (κ2) is 7.19. The van der Waals surface area contributed by atoms with E-state index in [0.29, 0.717) is 16.4 Å². The van der Waals surface area contributed by atoms with E-state index in [0.717, 1.165) is 10.9 Å². The van der Waals surface area contributed by atoms with Gasteiger partial charge in [-0.25, -0.2) is 0 Å². The predicted octanol–water partition coefficient (Wildman–Crippen LogP) is 3.63. The molecule has 0 saturated heterocycles. The molecule has 8 heteroatoms. The Bertz CT molecular complexity index is 880. The van der Waals surface area contributed by atoms with E-state index in [9.17, 15) is 4.79 Å². The van der Waals surface area contributed by atoms with Crippen molar-refractivity contribution in [2.45, 2.75) is 24.8 Å². The van der Waals surface area contributed by atoms with Crippen molar-refractivity contribution in [2.75, 3.05) is 11.1 Å². The maximum Gasteiger partial charge on any atom is 0.234 e. The highest BCUT2D eigenvalue weighted by atomic mass is 35.5. The molecule has 3 aromatic rings. The molecule has 2 heterocycles. The number of hydrogen-bond acceptors (Lipinski definition) is 5. The van der Waals surface area contributed by atoms with E-state index in [4.69, 9.17) is 11.6 Å². The molecule has 0 aliphatic rings. The summed E-state index contributed by atoms with van der Waals surface area (Å²) in [6.45, 7) is 4.07. The van der Waals surface area contributed by atoms with Crippen molar-refractivity contribution in [1.29, 1.82) is 0 Å². The van der Waals surface area contributed by atoms with Crippen LogP contribution in [-0.4, -0.2) is 31.5 Å². The number of para-hydroxylation sites is 1. The summed E-state index contributed by atoms with van der Waals surface area (Å²) in [5.74, 6) is 1.12. The van der Waals surface area contributed by atoms with Crippen molar-refractivity contribution in [3.8, 4) is 0 Å². The topological polar surface area (TPSA) is 72.2 Å². The lowest BCUT2D eigenvalue weighted by atomic mass is 10.2. The van der Waals surface area contributed by atoms with Crippen LogP contribution in [0.15, 0.2) is 41.4 Å². The average Bonchev–Trinajstić information content (AvgIpc) is 2.98. The second-order valence-electron chi connectivity index (χ2n) is 5.47. The van der Waals surface area contributed by atoms with E-state index in [1.165, 1.54) is 11.8 Å². The lowest BCUT2D eigenvalue weighted by Gasteiger charge is -2.07.